The Morgan fingerprint density at radius 1 is 1.15 bits per heavy atom. The van der Waals surface area contributed by atoms with E-state index in [0.29, 0.717) is 42.2 Å². The van der Waals surface area contributed by atoms with Gasteiger partial charge >= 0.3 is 0 Å². The third-order valence-corrected chi connectivity index (χ3v) is 9.98. The summed E-state index contributed by atoms with van der Waals surface area (Å²) < 4.78 is 9.95. The van der Waals surface area contributed by atoms with Crippen LogP contribution in [0.2, 0.25) is 0 Å². The van der Waals surface area contributed by atoms with Gasteiger partial charge < -0.3 is 9.64 Å². The molecule has 1 aliphatic rings. The number of thioether (sulfide) groups is 1. The molecule has 0 radical (unpaired) electrons. The summed E-state index contributed by atoms with van der Waals surface area (Å²) in [5.74, 6) is 1.31. The minimum Gasteiger partial charge on any atom is -0.372 e. The van der Waals surface area contributed by atoms with Crippen LogP contribution in [-0.4, -0.2) is 54.9 Å². The first-order valence-corrected chi connectivity index (χ1v) is 16.7. The van der Waals surface area contributed by atoms with E-state index < -0.39 is 0 Å². The monoisotopic (exact) mass is 595 g/mol. The van der Waals surface area contributed by atoms with Crippen molar-refractivity contribution >= 4 is 45.0 Å². The predicted molar refractivity (Wildman–Crippen MR) is 167 cm³/mol. The van der Waals surface area contributed by atoms with E-state index >= 15 is 0 Å². The second-order valence-electron chi connectivity index (χ2n) is 11.2. The summed E-state index contributed by atoms with van der Waals surface area (Å²) >= 11 is 3.01. The number of unbranched alkanes of at least 4 members (excludes halogenated alkanes) is 2. The Hall–Kier alpha value is -2.69. The summed E-state index contributed by atoms with van der Waals surface area (Å²) in [6.07, 6.45) is 5.63. The van der Waals surface area contributed by atoms with Crippen molar-refractivity contribution in [2.24, 2.45) is 5.92 Å². The highest BCUT2D eigenvalue weighted by Gasteiger charge is 2.30. The van der Waals surface area contributed by atoms with Crippen LogP contribution in [0.1, 0.15) is 69.4 Å². The van der Waals surface area contributed by atoms with E-state index in [1.807, 2.05) is 27.5 Å². The molecular weight excluding hydrogens is 555 g/mol. The van der Waals surface area contributed by atoms with Crippen molar-refractivity contribution in [3.8, 4) is 0 Å². The molecule has 0 spiro atoms. The van der Waals surface area contributed by atoms with Crippen molar-refractivity contribution < 1.29 is 9.53 Å². The topological polar surface area (TPSA) is 81.7 Å². The third kappa shape index (κ3) is 6.39. The molecule has 0 saturated carbocycles. The molecule has 5 rings (SSSR count). The fourth-order valence-corrected chi connectivity index (χ4v) is 7.51. The smallest absolute Gasteiger partial charge is 0.263 e. The molecule has 4 heterocycles. The van der Waals surface area contributed by atoms with Gasteiger partial charge in [0, 0.05) is 30.9 Å². The van der Waals surface area contributed by atoms with Gasteiger partial charge in [0.2, 0.25) is 11.7 Å². The fraction of sp³-hybridized carbons (Fsp3) is 0.548. The van der Waals surface area contributed by atoms with Gasteiger partial charge in [-0.15, -0.1) is 21.5 Å². The van der Waals surface area contributed by atoms with Crippen molar-refractivity contribution in [2.75, 3.05) is 18.8 Å². The number of benzene rings is 1. The second-order valence-corrected chi connectivity index (χ2v) is 13.2. The van der Waals surface area contributed by atoms with Crippen LogP contribution in [-0.2, 0) is 35.5 Å². The van der Waals surface area contributed by atoms with Gasteiger partial charge in [-0.2, -0.15) is 0 Å². The fourth-order valence-electron chi connectivity index (χ4n) is 5.38. The van der Waals surface area contributed by atoms with Crippen LogP contribution in [0.3, 0.4) is 0 Å². The third-order valence-electron chi connectivity index (χ3n) is 7.88. The van der Waals surface area contributed by atoms with E-state index in [-0.39, 0.29) is 17.6 Å². The van der Waals surface area contributed by atoms with Gasteiger partial charge in [0.25, 0.3) is 5.56 Å². The molecule has 0 aliphatic carbocycles. The Labute approximate surface area is 250 Å². The number of rotatable bonds is 13. The number of fused-ring (bicyclic) bond motifs is 5. The summed E-state index contributed by atoms with van der Waals surface area (Å²) in [7, 11) is 0. The zero-order valence-corrected chi connectivity index (χ0v) is 26.2. The molecule has 0 N–H and O–H groups in total. The molecule has 3 aromatic heterocycles. The van der Waals surface area contributed by atoms with Gasteiger partial charge in [0.15, 0.2) is 5.16 Å². The Morgan fingerprint density at radius 3 is 2.56 bits per heavy atom. The zero-order valence-electron chi connectivity index (χ0n) is 24.6. The van der Waals surface area contributed by atoms with Crippen molar-refractivity contribution in [3.63, 3.8) is 0 Å². The highest BCUT2D eigenvalue weighted by atomic mass is 32.2. The molecule has 0 saturated heterocycles. The molecule has 10 heteroatoms. The van der Waals surface area contributed by atoms with Crippen LogP contribution in [0, 0.1) is 5.92 Å². The summed E-state index contributed by atoms with van der Waals surface area (Å²) in [6, 6.07) is 10.2. The van der Waals surface area contributed by atoms with Crippen molar-refractivity contribution in [2.45, 2.75) is 90.6 Å². The largest absolute Gasteiger partial charge is 0.372 e. The minimum absolute atomic E-state index is 0.0179. The summed E-state index contributed by atoms with van der Waals surface area (Å²) in [4.78, 5) is 31.3. The van der Waals surface area contributed by atoms with Crippen molar-refractivity contribution in [1.29, 1.82) is 0 Å². The summed E-state index contributed by atoms with van der Waals surface area (Å²) in [5, 5.41) is 10.4. The quantitative estimate of drug-likeness (QED) is 0.177. The Balaban J connectivity index is 1.54. The molecule has 1 aliphatic heterocycles. The average molecular weight is 596 g/mol. The van der Waals surface area contributed by atoms with Crippen LogP contribution >= 0.6 is 23.1 Å². The van der Waals surface area contributed by atoms with Crippen LogP contribution in [0.25, 0.3) is 16.0 Å². The number of hydrogen-bond acceptors (Lipinski definition) is 7. The zero-order chi connectivity index (χ0) is 28.9. The first-order chi connectivity index (χ1) is 19.9. The van der Waals surface area contributed by atoms with Gasteiger partial charge in [-0.05, 0) is 36.3 Å². The summed E-state index contributed by atoms with van der Waals surface area (Å²) in [6.45, 7) is 11.2. The van der Waals surface area contributed by atoms with Gasteiger partial charge in [0.05, 0.1) is 23.8 Å². The first-order valence-electron chi connectivity index (χ1n) is 14.9. The molecule has 1 amide bonds. The maximum absolute atomic E-state index is 14.1. The Kier molecular flexibility index (Phi) is 9.83. The van der Waals surface area contributed by atoms with E-state index in [2.05, 4.69) is 50.0 Å². The molecule has 220 valence electrons. The standard InChI is InChI=1S/C31H41N5O3S2/c1-5-7-15-34(16-8-6-2)26(37)20-40-31-33-32-30-35(17-14-22-12-10-9-11-13-22)28(38)27-23-18-24(21(3)4)39-19-25(23)41-29(27)36(30)31/h9-13,21,24H,5-8,14-20H2,1-4H3/t24-/m1/s1. The van der Waals surface area contributed by atoms with Crippen molar-refractivity contribution in [1.82, 2.24) is 24.1 Å². The number of ether oxygens (including phenoxy) is 1. The molecular formula is C31H41N5O3S2. The molecule has 8 nitrogen and oxygen atoms in total. The number of nitrogens with zero attached hydrogens (tertiary/aromatic N) is 5. The van der Waals surface area contributed by atoms with Crippen LogP contribution in [0.15, 0.2) is 40.3 Å². The van der Waals surface area contributed by atoms with E-state index in [1.54, 1.807) is 15.9 Å². The first kappa shape index (κ1) is 29.8. The molecule has 41 heavy (non-hydrogen) atoms. The molecule has 1 atom stereocenters. The number of aromatic nitrogens is 4. The molecule has 0 fully saturated rings. The highest BCUT2D eigenvalue weighted by molar-refractivity contribution is 7.99. The van der Waals surface area contributed by atoms with E-state index in [4.69, 9.17) is 4.74 Å². The van der Waals surface area contributed by atoms with Gasteiger partial charge in [-0.3, -0.25) is 14.2 Å². The lowest BCUT2D eigenvalue weighted by Crippen LogP contribution is -2.34. The molecule has 0 unspecified atom stereocenters. The van der Waals surface area contributed by atoms with E-state index in [0.717, 1.165) is 71.4 Å². The number of hydrogen-bond donors (Lipinski definition) is 0. The Bertz CT molecular complexity index is 1530. The number of carbonyl (C=O) groups is 1. The number of aryl methyl sites for hydroxylation is 2. The van der Waals surface area contributed by atoms with Gasteiger partial charge in [-0.25, -0.2) is 4.40 Å². The van der Waals surface area contributed by atoms with Crippen LogP contribution < -0.4 is 5.56 Å². The number of amides is 1. The van der Waals surface area contributed by atoms with Crippen molar-refractivity contribution in [3.05, 3.63) is 56.7 Å². The SMILES string of the molecule is CCCCN(CCCC)C(=O)CSc1nnc2n(CCc3ccccc3)c(=O)c3c4c(sc3n12)CO[C@@H](C(C)C)C4. The molecule has 4 aromatic rings. The van der Waals surface area contributed by atoms with Gasteiger partial charge in [-0.1, -0.05) is 82.6 Å². The number of carbonyl (C=O) groups excluding carboxylic acids is 1. The Morgan fingerprint density at radius 2 is 1.88 bits per heavy atom. The average Bonchev–Trinajstić information content (AvgIpc) is 3.57. The van der Waals surface area contributed by atoms with E-state index in [9.17, 15) is 9.59 Å². The lowest BCUT2D eigenvalue weighted by molar-refractivity contribution is -0.128. The van der Waals surface area contributed by atoms with Gasteiger partial charge in [0.1, 0.15) is 4.83 Å². The lowest BCUT2D eigenvalue weighted by atomic mass is 9.96. The maximum atomic E-state index is 14.1. The van der Waals surface area contributed by atoms with Crippen LogP contribution in [0.5, 0.6) is 0 Å². The lowest BCUT2D eigenvalue weighted by Gasteiger charge is -2.26. The molecule has 1 aromatic carbocycles. The molecule has 0 bridgehead atoms. The second kappa shape index (κ2) is 13.5. The normalized spacial score (nSPS) is 15.2. The van der Waals surface area contributed by atoms with Crippen LogP contribution in [0.4, 0.5) is 0 Å². The maximum Gasteiger partial charge on any atom is 0.263 e. The number of thiophene rings is 1. The minimum atomic E-state index is -0.0179. The summed E-state index contributed by atoms with van der Waals surface area (Å²) in [5.41, 5.74) is 2.24. The predicted octanol–water partition coefficient (Wildman–Crippen LogP) is 5.97. The van der Waals surface area contributed by atoms with E-state index in [1.165, 1.54) is 11.8 Å². The highest BCUT2D eigenvalue weighted by Crippen LogP contribution is 2.37.